The summed E-state index contributed by atoms with van der Waals surface area (Å²) in [6.45, 7) is 0. The Labute approximate surface area is 80.1 Å². The second-order valence-corrected chi connectivity index (χ2v) is 3.85. The Balaban J connectivity index is 2.04. The van der Waals surface area contributed by atoms with Crippen LogP contribution in [-0.4, -0.2) is 20.7 Å². The maximum Gasteiger partial charge on any atom is 0.248 e. The first kappa shape index (κ1) is 9.51. The van der Waals surface area contributed by atoms with E-state index in [0.717, 1.165) is 0 Å². The smallest absolute Gasteiger partial charge is 0.248 e. The van der Waals surface area contributed by atoms with Gasteiger partial charge in [-0.2, -0.15) is 0 Å². The van der Waals surface area contributed by atoms with Crippen molar-refractivity contribution in [1.29, 1.82) is 0 Å². The van der Waals surface area contributed by atoms with E-state index >= 15 is 0 Å². The van der Waals surface area contributed by atoms with E-state index in [0.29, 0.717) is 5.82 Å². The summed E-state index contributed by atoms with van der Waals surface area (Å²) in [5.41, 5.74) is 5.81. The highest BCUT2D eigenvalue weighted by Gasteiger charge is 2.48. The molecule has 0 amide bonds. The summed E-state index contributed by atoms with van der Waals surface area (Å²) in [4.78, 5) is 0. The van der Waals surface area contributed by atoms with Gasteiger partial charge in [0.1, 0.15) is 12.2 Å². The van der Waals surface area contributed by atoms with Crippen LogP contribution in [0.4, 0.5) is 8.78 Å². The van der Waals surface area contributed by atoms with Crippen molar-refractivity contribution in [1.82, 2.24) is 14.8 Å². The molecule has 1 aliphatic carbocycles. The Morgan fingerprint density at radius 3 is 2.71 bits per heavy atom. The van der Waals surface area contributed by atoms with E-state index in [2.05, 4.69) is 10.2 Å². The van der Waals surface area contributed by atoms with E-state index in [1.807, 2.05) is 0 Å². The van der Waals surface area contributed by atoms with Gasteiger partial charge in [-0.1, -0.05) is 0 Å². The van der Waals surface area contributed by atoms with Crippen molar-refractivity contribution in [2.45, 2.75) is 24.8 Å². The second-order valence-electron chi connectivity index (χ2n) is 3.85. The molecule has 0 aliphatic heterocycles. The van der Waals surface area contributed by atoms with E-state index in [9.17, 15) is 8.78 Å². The Hall–Kier alpha value is -1.04. The molecule has 78 valence electrons. The van der Waals surface area contributed by atoms with Gasteiger partial charge in [-0.05, 0) is 5.92 Å². The highest BCUT2D eigenvalue weighted by atomic mass is 19.3. The van der Waals surface area contributed by atoms with Gasteiger partial charge < -0.3 is 10.3 Å². The first-order valence-electron chi connectivity index (χ1n) is 4.47. The van der Waals surface area contributed by atoms with Gasteiger partial charge in [-0.25, -0.2) is 8.78 Å². The maximum absolute atomic E-state index is 12.6. The number of nitrogens with two attached hydrogens (primary N) is 1. The van der Waals surface area contributed by atoms with Crippen LogP contribution in [0.5, 0.6) is 0 Å². The molecule has 1 atom stereocenters. The van der Waals surface area contributed by atoms with E-state index in [1.54, 1.807) is 11.6 Å². The largest absolute Gasteiger partial charge is 0.321 e. The van der Waals surface area contributed by atoms with E-state index in [-0.39, 0.29) is 18.8 Å². The summed E-state index contributed by atoms with van der Waals surface area (Å²) in [7, 11) is 1.76. The molecule has 1 unspecified atom stereocenters. The third-order valence-electron chi connectivity index (χ3n) is 2.67. The lowest BCUT2D eigenvalue weighted by Crippen LogP contribution is -2.42. The average molecular weight is 202 g/mol. The van der Waals surface area contributed by atoms with Gasteiger partial charge in [0, 0.05) is 19.9 Å². The third-order valence-corrected chi connectivity index (χ3v) is 2.67. The van der Waals surface area contributed by atoms with Gasteiger partial charge in [-0.15, -0.1) is 10.2 Å². The SMILES string of the molecule is Cn1cnnc1C(N)C1CC(F)(F)C1. The molecular weight excluding hydrogens is 190 g/mol. The molecule has 0 aromatic carbocycles. The molecule has 2 rings (SSSR count). The molecule has 1 aromatic rings. The van der Waals surface area contributed by atoms with Crippen molar-refractivity contribution < 1.29 is 8.78 Å². The van der Waals surface area contributed by atoms with Crippen LogP contribution >= 0.6 is 0 Å². The molecule has 6 heteroatoms. The number of halogens is 2. The van der Waals surface area contributed by atoms with Crippen LogP contribution in [0.15, 0.2) is 6.33 Å². The van der Waals surface area contributed by atoms with Gasteiger partial charge in [0.05, 0.1) is 6.04 Å². The predicted molar refractivity (Wildman–Crippen MR) is 45.6 cm³/mol. The normalized spacial score (nSPS) is 23.1. The Kier molecular flexibility index (Phi) is 2.02. The number of hydrogen-bond donors (Lipinski definition) is 1. The van der Waals surface area contributed by atoms with Crippen LogP contribution in [0.2, 0.25) is 0 Å². The topological polar surface area (TPSA) is 56.7 Å². The molecule has 14 heavy (non-hydrogen) atoms. The van der Waals surface area contributed by atoms with Gasteiger partial charge in [0.2, 0.25) is 5.92 Å². The predicted octanol–water partition coefficient (Wildman–Crippen LogP) is 0.860. The molecule has 1 aliphatic rings. The van der Waals surface area contributed by atoms with Crippen LogP contribution in [0.25, 0.3) is 0 Å². The molecule has 0 saturated heterocycles. The maximum atomic E-state index is 12.6. The fraction of sp³-hybridized carbons (Fsp3) is 0.750. The van der Waals surface area contributed by atoms with Gasteiger partial charge in [0.15, 0.2) is 0 Å². The summed E-state index contributed by atoms with van der Waals surface area (Å²) < 4.78 is 26.9. The minimum atomic E-state index is -2.53. The molecule has 4 nitrogen and oxygen atoms in total. The molecule has 1 fully saturated rings. The Morgan fingerprint density at radius 1 is 1.64 bits per heavy atom. The first-order valence-corrected chi connectivity index (χ1v) is 4.47. The first-order chi connectivity index (χ1) is 6.49. The Bertz CT molecular complexity index is 328. The number of rotatable bonds is 2. The van der Waals surface area contributed by atoms with Crippen LogP contribution in [0.3, 0.4) is 0 Å². The number of hydrogen-bond acceptors (Lipinski definition) is 3. The van der Waals surface area contributed by atoms with Gasteiger partial charge >= 0.3 is 0 Å². The van der Waals surface area contributed by atoms with E-state index in [4.69, 9.17) is 5.73 Å². The highest BCUT2D eigenvalue weighted by Crippen LogP contribution is 2.46. The highest BCUT2D eigenvalue weighted by molar-refractivity contribution is 5.02. The van der Waals surface area contributed by atoms with Gasteiger partial charge in [-0.3, -0.25) is 0 Å². The molecule has 0 bridgehead atoms. The molecule has 2 N–H and O–H groups in total. The lowest BCUT2D eigenvalue weighted by atomic mass is 9.76. The fourth-order valence-corrected chi connectivity index (χ4v) is 1.77. The zero-order valence-corrected chi connectivity index (χ0v) is 7.82. The minimum Gasteiger partial charge on any atom is -0.321 e. The van der Waals surface area contributed by atoms with Crippen molar-refractivity contribution in [3.63, 3.8) is 0 Å². The average Bonchev–Trinajstić information content (AvgIpc) is 2.45. The molecule has 0 spiro atoms. The minimum absolute atomic E-state index is 0.138. The second kappa shape index (κ2) is 2.98. The molecule has 1 saturated carbocycles. The molecular formula is C8H12F2N4. The standard InChI is InChI=1S/C8H12F2N4/c1-14-4-12-13-7(14)6(11)5-2-8(9,10)3-5/h4-6H,2-3,11H2,1H3. The van der Waals surface area contributed by atoms with Gasteiger partial charge in [0.25, 0.3) is 0 Å². The zero-order chi connectivity index (χ0) is 10.3. The van der Waals surface area contributed by atoms with Crippen molar-refractivity contribution in [2.24, 2.45) is 18.7 Å². The van der Waals surface area contributed by atoms with Crippen molar-refractivity contribution in [2.75, 3.05) is 0 Å². The summed E-state index contributed by atoms with van der Waals surface area (Å²) in [5.74, 6) is -2.13. The van der Waals surface area contributed by atoms with Crippen molar-refractivity contribution >= 4 is 0 Å². The monoisotopic (exact) mass is 202 g/mol. The quantitative estimate of drug-likeness (QED) is 0.773. The van der Waals surface area contributed by atoms with Crippen LogP contribution in [0, 0.1) is 5.92 Å². The summed E-state index contributed by atoms with van der Waals surface area (Å²) in [6.07, 6.45) is 1.24. The zero-order valence-electron chi connectivity index (χ0n) is 7.82. The Morgan fingerprint density at radius 2 is 2.29 bits per heavy atom. The third kappa shape index (κ3) is 1.50. The van der Waals surface area contributed by atoms with E-state index < -0.39 is 12.0 Å². The molecule has 1 heterocycles. The number of aryl methyl sites for hydroxylation is 1. The lowest BCUT2D eigenvalue weighted by molar-refractivity contribution is -0.117. The number of aromatic nitrogens is 3. The summed E-state index contributed by atoms with van der Waals surface area (Å²) in [5, 5.41) is 7.47. The number of nitrogens with zero attached hydrogens (tertiary/aromatic N) is 3. The van der Waals surface area contributed by atoms with Crippen LogP contribution in [0.1, 0.15) is 24.7 Å². The molecule has 1 aromatic heterocycles. The van der Waals surface area contributed by atoms with Crippen molar-refractivity contribution in [3.8, 4) is 0 Å². The number of alkyl halides is 2. The van der Waals surface area contributed by atoms with Crippen LogP contribution < -0.4 is 5.73 Å². The summed E-state index contributed by atoms with van der Waals surface area (Å²) >= 11 is 0. The van der Waals surface area contributed by atoms with E-state index in [1.165, 1.54) is 6.33 Å². The molecule has 0 radical (unpaired) electrons. The van der Waals surface area contributed by atoms with Crippen molar-refractivity contribution in [3.05, 3.63) is 12.2 Å². The van der Waals surface area contributed by atoms with Crippen LogP contribution in [-0.2, 0) is 7.05 Å². The summed E-state index contributed by atoms with van der Waals surface area (Å²) in [6, 6.07) is -0.429. The fourth-order valence-electron chi connectivity index (χ4n) is 1.77. The lowest BCUT2D eigenvalue weighted by Gasteiger charge is -2.37.